The molecule has 0 amide bonds. The van der Waals surface area contributed by atoms with Gasteiger partial charge in [-0.3, -0.25) is 4.79 Å². The Morgan fingerprint density at radius 2 is 2.06 bits per heavy atom. The summed E-state index contributed by atoms with van der Waals surface area (Å²) in [7, 11) is 3.88. The number of hydrogen-bond acceptors (Lipinski definition) is 2. The van der Waals surface area contributed by atoms with E-state index in [-0.39, 0.29) is 5.78 Å². The topological polar surface area (TPSA) is 20.3 Å². The molecule has 0 unspecified atom stereocenters. The van der Waals surface area contributed by atoms with Crippen LogP contribution in [0.5, 0.6) is 0 Å². The average molecular weight is 280 g/mol. The van der Waals surface area contributed by atoms with Gasteiger partial charge in [-0.1, -0.05) is 22.0 Å². The number of Topliss-reactive ketones (excluding diaryl/α,β-unsaturated/α-hetero) is 1. The zero-order valence-corrected chi connectivity index (χ0v) is 11.0. The Morgan fingerprint density at radius 1 is 1.31 bits per heavy atom. The SMILES string of the molecule is CN(C)/C=C1/C(=O)CCc2cc(Br)ccc21. The smallest absolute Gasteiger partial charge is 0.165 e. The molecule has 2 nitrogen and oxygen atoms in total. The van der Waals surface area contributed by atoms with Gasteiger partial charge in [-0.2, -0.15) is 0 Å². The van der Waals surface area contributed by atoms with Crippen molar-refractivity contribution in [2.24, 2.45) is 0 Å². The third-order valence-corrected chi connectivity index (χ3v) is 3.16. The lowest BCUT2D eigenvalue weighted by molar-refractivity contribution is -0.113. The summed E-state index contributed by atoms with van der Waals surface area (Å²) in [5.41, 5.74) is 3.16. The van der Waals surface area contributed by atoms with Crippen LogP contribution < -0.4 is 0 Å². The number of ketones is 1. The Hall–Kier alpha value is -1.09. The summed E-state index contributed by atoms with van der Waals surface area (Å²) in [5, 5.41) is 0. The molecule has 0 aliphatic heterocycles. The molecule has 0 fully saturated rings. The van der Waals surface area contributed by atoms with Gasteiger partial charge in [0.05, 0.1) is 0 Å². The van der Waals surface area contributed by atoms with E-state index in [1.54, 1.807) is 0 Å². The first-order valence-corrected chi connectivity index (χ1v) is 6.07. The number of hydrogen-bond donors (Lipinski definition) is 0. The van der Waals surface area contributed by atoms with Crippen LogP contribution in [0.4, 0.5) is 0 Å². The molecule has 0 saturated heterocycles. The molecular formula is C13H14BrNO. The quantitative estimate of drug-likeness (QED) is 0.737. The van der Waals surface area contributed by atoms with Crippen LogP contribution in [0.1, 0.15) is 17.5 Å². The van der Waals surface area contributed by atoms with E-state index in [0.29, 0.717) is 6.42 Å². The maximum absolute atomic E-state index is 11.9. The number of benzene rings is 1. The van der Waals surface area contributed by atoms with Gasteiger partial charge < -0.3 is 4.90 Å². The summed E-state index contributed by atoms with van der Waals surface area (Å²) in [5.74, 6) is 0.239. The van der Waals surface area contributed by atoms with Gasteiger partial charge in [0.1, 0.15) is 0 Å². The van der Waals surface area contributed by atoms with Gasteiger partial charge in [-0.25, -0.2) is 0 Å². The number of carbonyl (C=O) groups excluding carboxylic acids is 1. The van der Waals surface area contributed by atoms with Gasteiger partial charge in [0.2, 0.25) is 0 Å². The van der Waals surface area contributed by atoms with Gasteiger partial charge in [0, 0.05) is 36.8 Å². The summed E-state index contributed by atoms with van der Waals surface area (Å²) in [6, 6.07) is 6.11. The van der Waals surface area contributed by atoms with Crippen LogP contribution in [0.3, 0.4) is 0 Å². The van der Waals surface area contributed by atoms with E-state index in [9.17, 15) is 4.79 Å². The summed E-state index contributed by atoms with van der Waals surface area (Å²) < 4.78 is 1.07. The van der Waals surface area contributed by atoms with Crippen molar-refractivity contribution in [2.45, 2.75) is 12.8 Å². The van der Waals surface area contributed by atoms with Crippen LogP contribution >= 0.6 is 15.9 Å². The van der Waals surface area contributed by atoms with Gasteiger partial charge in [-0.05, 0) is 29.7 Å². The average Bonchev–Trinajstić information content (AvgIpc) is 2.22. The fourth-order valence-corrected chi connectivity index (χ4v) is 2.37. The van der Waals surface area contributed by atoms with Gasteiger partial charge in [0.15, 0.2) is 5.78 Å². The normalized spacial score (nSPS) is 17.4. The lowest BCUT2D eigenvalue weighted by atomic mass is 9.87. The van der Waals surface area contributed by atoms with Crippen molar-refractivity contribution in [2.75, 3.05) is 14.1 Å². The number of rotatable bonds is 1. The molecule has 0 aromatic heterocycles. The third kappa shape index (κ3) is 2.19. The van der Waals surface area contributed by atoms with Crippen molar-refractivity contribution in [3.63, 3.8) is 0 Å². The summed E-state index contributed by atoms with van der Waals surface area (Å²) in [6.07, 6.45) is 3.37. The highest BCUT2D eigenvalue weighted by Crippen LogP contribution is 2.30. The Balaban J connectivity index is 2.52. The molecule has 2 rings (SSSR count). The molecule has 0 bridgehead atoms. The van der Waals surface area contributed by atoms with E-state index in [2.05, 4.69) is 22.0 Å². The van der Waals surface area contributed by atoms with Crippen LogP contribution in [0.2, 0.25) is 0 Å². The predicted octanol–water partition coefficient (Wildman–Crippen LogP) is 2.87. The molecular weight excluding hydrogens is 266 g/mol. The summed E-state index contributed by atoms with van der Waals surface area (Å²) >= 11 is 3.46. The lowest BCUT2D eigenvalue weighted by Gasteiger charge is -2.19. The Morgan fingerprint density at radius 3 is 2.75 bits per heavy atom. The summed E-state index contributed by atoms with van der Waals surface area (Å²) in [4.78, 5) is 13.8. The first kappa shape index (κ1) is 11.4. The second-order valence-corrected chi connectivity index (χ2v) is 5.15. The first-order chi connectivity index (χ1) is 7.58. The second kappa shape index (κ2) is 4.42. The number of aryl methyl sites for hydroxylation is 1. The van der Waals surface area contributed by atoms with E-state index >= 15 is 0 Å². The van der Waals surface area contributed by atoms with E-state index in [4.69, 9.17) is 0 Å². The fourth-order valence-electron chi connectivity index (χ4n) is 1.96. The maximum Gasteiger partial charge on any atom is 0.165 e. The third-order valence-electron chi connectivity index (χ3n) is 2.67. The van der Waals surface area contributed by atoms with Crippen molar-refractivity contribution in [1.29, 1.82) is 0 Å². The molecule has 0 radical (unpaired) electrons. The Kier molecular flexibility index (Phi) is 3.15. The van der Waals surface area contributed by atoms with Gasteiger partial charge in [-0.15, -0.1) is 0 Å². The van der Waals surface area contributed by atoms with E-state index in [0.717, 1.165) is 22.0 Å². The molecule has 0 heterocycles. The minimum absolute atomic E-state index is 0.239. The molecule has 84 valence electrons. The van der Waals surface area contributed by atoms with Crippen molar-refractivity contribution >= 4 is 27.3 Å². The van der Waals surface area contributed by atoms with E-state index < -0.39 is 0 Å². The minimum atomic E-state index is 0.239. The highest BCUT2D eigenvalue weighted by molar-refractivity contribution is 9.10. The lowest BCUT2D eigenvalue weighted by Crippen LogP contribution is -2.15. The molecule has 1 aromatic rings. The Bertz CT molecular complexity index is 463. The molecule has 1 aliphatic rings. The van der Waals surface area contributed by atoms with Gasteiger partial charge in [0.25, 0.3) is 0 Å². The predicted molar refractivity (Wildman–Crippen MR) is 69.1 cm³/mol. The number of nitrogens with zero attached hydrogens (tertiary/aromatic N) is 1. The van der Waals surface area contributed by atoms with Crippen LogP contribution in [0.15, 0.2) is 28.9 Å². The van der Waals surface area contributed by atoms with Crippen LogP contribution in [-0.4, -0.2) is 24.8 Å². The zero-order valence-electron chi connectivity index (χ0n) is 9.46. The van der Waals surface area contributed by atoms with Crippen molar-refractivity contribution in [3.8, 4) is 0 Å². The second-order valence-electron chi connectivity index (χ2n) is 4.23. The highest BCUT2D eigenvalue weighted by Gasteiger charge is 2.21. The van der Waals surface area contributed by atoms with Gasteiger partial charge >= 0.3 is 0 Å². The van der Waals surface area contributed by atoms with Crippen LogP contribution in [0.25, 0.3) is 5.57 Å². The highest BCUT2D eigenvalue weighted by atomic mass is 79.9. The maximum atomic E-state index is 11.9. The fraction of sp³-hybridized carbons (Fsp3) is 0.308. The molecule has 0 saturated carbocycles. The number of halogens is 1. The molecule has 16 heavy (non-hydrogen) atoms. The van der Waals surface area contributed by atoms with Crippen molar-refractivity contribution < 1.29 is 4.79 Å². The molecule has 1 aliphatic carbocycles. The standard InChI is InChI=1S/C13H14BrNO/c1-15(2)8-12-11-5-4-10(14)7-9(11)3-6-13(12)16/h4-5,7-8H,3,6H2,1-2H3/b12-8+. The number of fused-ring (bicyclic) bond motifs is 1. The Labute approximate surface area is 104 Å². The summed E-state index contributed by atoms with van der Waals surface area (Å²) in [6.45, 7) is 0. The molecule has 0 spiro atoms. The molecule has 3 heteroatoms. The molecule has 1 aromatic carbocycles. The van der Waals surface area contributed by atoms with E-state index in [1.807, 2.05) is 37.3 Å². The van der Waals surface area contributed by atoms with Crippen molar-refractivity contribution in [3.05, 3.63) is 40.0 Å². The monoisotopic (exact) mass is 279 g/mol. The number of allylic oxidation sites excluding steroid dienone is 1. The largest absolute Gasteiger partial charge is 0.383 e. The molecule has 0 atom stereocenters. The first-order valence-electron chi connectivity index (χ1n) is 5.28. The minimum Gasteiger partial charge on any atom is -0.383 e. The molecule has 0 N–H and O–H groups in total. The van der Waals surface area contributed by atoms with E-state index in [1.165, 1.54) is 5.56 Å². The van der Waals surface area contributed by atoms with Crippen LogP contribution in [0, 0.1) is 0 Å². The van der Waals surface area contributed by atoms with Crippen LogP contribution in [-0.2, 0) is 11.2 Å². The van der Waals surface area contributed by atoms with Crippen molar-refractivity contribution in [1.82, 2.24) is 4.90 Å². The number of carbonyl (C=O) groups is 1. The zero-order chi connectivity index (χ0) is 11.7.